The van der Waals surface area contributed by atoms with Gasteiger partial charge < -0.3 is 15.5 Å². The summed E-state index contributed by atoms with van der Waals surface area (Å²) < 4.78 is 26.0. The molecule has 29 heavy (non-hydrogen) atoms. The van der Waals surface area contributed by atoms with Gasteiger partial charge in [0, 0.05) is 12.7 Å². The van der Waals surface area contributed by atoms with E-state index in [0.717, 1.165) is 12.1 Å². The van der Waals surface area contributed by atoms with Crippen molar-refractivity contribution in [2.75, 3.05) is 26.5 Å². The fourth-order valence-electron chi connectivity index (χ4n) is 3.70. The van der Waals surface area contributed by atoms with Crippen LogP contribution in [0.15, 0.2) is 46.1 Å². The number of anilines is 1. The highest BCUT2D eigenvalue weighted by molar-refractivity contribution is 7.89. The Bertz CT molecular complexity index is 968. The van der Waals surface area contributed by atoms with Gasteiger partial charge in [-0.1, -0.05) is 12.8 Å². The summed E-state index contributed by atoms with van der Waals surface area (Å²) in [5, 5.41) is 6.53. The smallest absolute Gasteiger partial charge is 0.244 e. The largest absolute Gasteiger partial charge is 0.335 e. The number of amides is 1. The molecule has 2 fully saturated rings. The zero-order valence-electron chi connectivity index (χ0n) is 16.7. The Morgan fingerprint density at radius 3 is 2.52 bits per heavy atom. The predicted molar refractivity (Wildman–Crippen MR) is 110 cm³/mol. The normalized spacial score (nSPS) is 25.1. The van der Waals surface area contributed by atoms with Gasteiger partial charge in [-0.25, -0.2) is 18.1 Å². The maximum atomic E-state index is 12.8. The van der Waals surface area contributed by atoms with Crippen LogP contribution in [0.4, 0.5) is 5.69 Å². The third-order valence-electron chi connectivity index (χ3n) is 5.73. The number of aliphatic imine (C=N–C) groups is 1. The first-order valence-electron chi connectivity index (χ1n) is 9.64. The van der Waals surface area contributed by atoms with Crippen molar-refractivity contribution in [1.82, 2.24) is 19.8 Å². The third kappa shape index (κ3) is 3.87. The van der Waals surface area contributed by atoms with Crippen LogP contribution in [0.1, 0.15) is 19.3 Å². The molecule has 1 aliphatic carbocycles. The summed E-state index contributed by atoms with van der Waals surface area (Å²) in [4.78, 5) is 21.1. The van der Waals surface area contributed by atoms with Crippen LogP contribution in [0.3, 0.4) is 0 Å². The quantitative estimate of drug-likeness (QED) is 0.650. The second kappa shape index (κ2) is 7.43. The maximum Gasteiger partial charge on any atom is 0.244 e. The first-order valence-corrected chi connectivity index (χ1v) is 11.1. The van der Waals surface area contributed by atoms with Crippen LogP contribution in [0, 0.1) is 5.92 Å². The molecular weight excluding hydrogens is 392 g/mol. The van der Waals surface area contributed by atoms with Crippen molar-refractivity contribution in [3.05, 3.63) is 36.2 Å². The SMILES string of the molecule is CNS(=O)(=O)c1ccc(NC2=NC=C3C(N2)N(C)C(CC2CC2)C(=O)N3C)cc1. The van der Waals surface area contributed by atoms with Gasteiger partial charge in [0.25, 0.3) is 0 Å². The van der Waals surface area contributed by atoms with E-state index in [0.29, 0.717) is 17.6 Å². The molecular formula is C19H26N6O3S. The zero-order valence-corrected chi connectivity index (χ0v) is 17.5. The number of piperazine rings is 1. The van der Waals surface area contributed by atoms with E-state index in [1.54, 1.807) is 30.3 Å². The van der Waals surface area contributed by atoms with E-state index < -0.39 is 10.0 Å². The molecule has 4 rings (SSSR count). The minimum Gasteiger partial charge on any atom is -0.335 e. The summed E-state index contributed by atoms with van der Waals surface area (Å²) in [5.41, 5.74) is 1.52. The van der Waals surface area contributed by atoms with Gasteiger partial charge in [0.15, 0.2) is 0 Å². The van der Waals surface area contributed by atoms with Crippen LogP contribution in [-0.4, -0.2) is 63.4 Å². The van der Waals surface area contributed by atoms with E-state index in [9.17, 15) is 13.2 Å². The molecule has 2 heterocycles. The fraction of sp³-hybridized carbons (Fsp3) is 0.474. The van der Waals surface area contributed by atoms with Crippen molar-refractivity contribution in [3.8, 4) is 0 Å². The summed E-state index contributed by atoms with van der Waals surface area (Å²) in [5.74, 6) is 1.30. The topological polar surface area (TPSA) is 106 Å². The average molecular weight is 419 g/mol. The fourth-order valence-corrected chi connectivity index (χ4v) is 4.43. The van der Waals surface area contributed by atoms with Crippen LogP contribution in [0.2, 0.25) is 0 Å². The number of rotatable bonds is 5. The number of hydrogen-bond acceptors (Lipinski definition) is 7. The van der Waals surface area contributed by atoms with Crippen LogP contribution >= 0.6 is 0 Å². The first kappa shape index (κ1) is 19.9. The molecule has 0 aromatic heterocycles. The molecule has 2 atom stereocenters. The Morgan fingerprint density at radius 1 is 1.21 bits per heavy atom. The zero-order chi connectivity index (χ0) is 20.8. The second-order valence-electron chi connectivity index (χ2n) is 7.69. The lowest BCUT2D eigenvalue weighted by atomic mass is 10.0. The molecule has 1 amide bonds. The van der Waals surface area contributed by atoms with Crippen LogP contribution in [0.5, 0.6) is 0 Å². The molecule has 9 nitrogen and oxygen atoms in total. The number of likely N-dealkylation sites (N-methyl/N-ethyl adjacent to an activating group) is 2. The Balaban J connectivity index is 1.50. The van der Waals surface area contributed by atoms with Crippen molar-refractivity contribution >= 4 is 27.6 Å². The Hall–Kier alpha value is -2.43. The molecule has 1 saturated carbocycles. The molecule has 0 radical (unpaired) electrons. The van der Waals surface area contributed by atoms with Crippen molar-refractivity contribution in [2.45, 2.75) is 36.4 Å². The molecule has 2 aliphatic heterocycles. The summed E-state index contributed by atoms with van der Waals surface area (Å²) in [7, 11) is 1.67. The van der Waals surface area contributed by atoms with Gasteiger partial charge in [0.05, 0.1) is 22.8 Å². The van der Waals surface area contributed by atoms with E-state index in [2.05, 4.69) is 25.2 Å². The number of fused-ring (bicyclic) bond motifs is 1. The van der Waals surface area contributed by atoms with E-state index >= 15 is 0 Å². The number of hydrogen-bond donors (Lipinski definition) is 3. The lowest BCUT2D eigenvalue weighted by Gasteiger charge is -2.46. The van der Waals surface area contributed by atoms with Crippen molar-refractivity contribution in [3.63, 3.8) is 0 Å². The van der Waals surface area contributed by atoms with E-state index in [1.807, 2.05) is 7.05 Å². The Kier molecular flexibility index (Phi) is 5.09. The maximum absolute atomic E-state index is 12.8. The summed E-state index contributed by atoms with van der Waals surface area (Å²) in [6.07, 6.45) is 4.83. The van der Waals surface area contributed by atoms with Gasteiger partial charge in [-0.3, -0.25) is 9.69 Å². The molecule has 1 saturated heterocycles. The molecule has 1 aromatic rings. The second-order valence-corrected chi connectivity index (χ2v) is 9.58. The number of guanidine groups is 1. The molecule has 1 aromatic carbocycles. The number of carbonyl (C=O) groups excluding carboxylic acids is 1. The van der Waals surface area contributed by atoms with Crippen molar-refractivity contribution in [2.24, 2.45) is 10.9 Å². The summed E-state index contributed by atoms with van der Waals surface area (Å²) in [6.45, 7) is 0. The number of carbonyl (C=O) groups is 1. The van der Waals surface area contributed by atoms with E-state index in [1.165, 1.54) is 32.0 Å². The van der Waals surface area contributed by atoms with Crippen molar-refractivity contribution < 1.29 is 13.2 Å². The first-order chi connectivity index (χ1) is 13.8. The van der Waals surface area contributed by atoms with Gasteiger partial charge in [0.1, 0.15) is 6.17 Å². The van der Waals surface area contributed by atoms with Gasteiger partial charge in [0.2, 0.25) is 21.9 Å². The highest BCUT2D eigenvalue weighted by atomic mass is 32.2. The van der Waals surface area contributed by atoms with Crippen LogP contribution in [-0.2, 0) is 14.8 Å². The van der Waals surface area contributed by atoms with Gasteiger partial charge >= 0.3 is 0 Å². The third-order valence-corrected chi connectivity index (χ3v) is 7.16. The average Bonchev–Trinajstić information content (AvgIpc) is 3.54. The molecule has 0 bridgehead atoms. The lowest BCUT2D eigenvalue weighted by Crippen LogP contribution is -2.64. The van der Waals surface area contributed by atoms with Crippen LogP contribution in [0.25, 0.3) is 0 Å². The van der Waals surface area contributed by atoms with E-state index in [-0.39, 0.29) is 23.0 Å². The minimum atomic E-state index is -3.47. The number of nitrogens with one attached hydrogen (secondary N) is 3. The van der Waals surface area contributed by atoms with Gasteiger partial charge in [-0.05, 0) is 50.7 Å². The summed E-state index contributed by atoms with van der Waals surface area (Å²) >= 11 is 0. The Labute approximate surface area is 170 Å². The molecule has 3 N–H and O–H groups in total. The number of nitrogens with zero attached hydrogens (tertiary/aromatic N) is 3. The van der Waals surface area contributed by atoms with Gasteiger partial charge in [-0.2, -0.15) is 0 Å². The highest BCUT2D eigenvalue weighted by Gasteiger charge is 2.44. The minimum absolute atomic E-state index is 0.108. The monoisotopic (exact) mass is 418 g/mol. The predicted octanol–water partition coefficient (Wildman–Crippen LogP) is 0.706. The van der Waals surface area contributed by atoms with E-state index in [4.69, 9.17) is 0 Å². The number of sulfonamides is 1. The Morgan fingerprint density at radius 2 is 1.90 bits per heavy atom. The molecule has 10 heteroatoms. The molecule has 156 valence electrons. The highest BCUT2D eigenvalue weighted by Crippen LogP contribution is 2.37. The van der Waals surface area contributed by atoms with Crippen molar-refractivity contribution in [1.29, 1.82) is 0 Å². The standard InChI is InChI=1S/C19H26N6O3S/c1-20-29(27,28)14-8-6-13(7-9-14)22-19-21-11-16-17(23-19)24(2)15(10-12-4-5-12)18(26)25(16)3/h6-9,11-12,15,17,20H,4-5,10H2,1-3H3,(H2,21,22,23). The molecule has 0 spiro atoms. The number of benzene rings is 1. The lowest BCUT2D eigenvalue weighted by molar-refractivity contribution is -0.139. The summed E-state index contributed by atoms with van der Waals surface area (Å²) in [6, 6.07) is 6.29. The molecule has 3 aliphatic rings. The molecule has 2 unspecified atom stereocenters. The van der Waals surface area contributed by atoms with Gasteiger partial charge in [-0.15, -0.1) is 0 Å². The van der Waals surface area contributed by atoms with Crippen LogP contribution < -0.4 is 15.4 Å².